The number of nitro groups is 1. The number of benzene rings is 1. The number of nitro benzene ring substituents is 1. The van der Waals surface area contributed by atoms with E-state index in [4.69, 9.17) is 14.2 Å². The van der Waals surface area contributed by atoms with E-state index >= 15 is 0 Å². The number of carbonyl (C=O) groups excluding carboxylic acids is 1. The quantitative estimate of drug-likeness (QED) is 0.449. The highest BCUT2D eigenvalue weighted by Gasteiger charge is 2.32. The van der Waals surface area contributed by atoms with Gasteiger partial charge in [-0.15, -0.1) is 0 Å². The summed E-state index contributed by atoms with van der Waals surface area (Å²) in [4.78, 5) is 21.2. The first-order valence-electron chi connectivity index (χ1n) is 5.82. The highest BCUT2D eigenvalue weighted by Crippen LogP contribution is 2.19. The molecular formula is C12H13NO7. The van der Waals surface area contributed by atoms with Crippen molar-refractivity contribution in [3.8, 4) is 5.75 Å². The van der Waals surface area contributed by atoms with E-state index < -0.39 is 23.3 Å². The Morgan fingerprint density at radius 1 is 1.45 bits per heavy atom. The zero-order valence-corrected chi connectivity index (χ0v) is 10.7. The summed E-state index contributed by atoms with van der Waals surface area (Å²) < 4.78 is 20.4. The molecule has 0 aromatic heterocycles. The molecule has 0 aliphatic carbocycles. The number of esters is 1. The van der Waals surface area contributed by atoms with E-state index in [1.165, 1.54) is 31.4 Å². The van der Waals surface area contributed by atoms with Crippen molar-refractivity contribution in [1.29, 1.82) is 0 Å². The summed E-state index contributed by atoms with van der Waals surface area (Å²) in [6.45, 7) is 0.187. The van der Waals surface area contributed by atoms with E-state index in [0.717, 1.165) is 0 Å². The molecule has 1 aromatic carbocycles. The van der Waals surface area contributed by atoms with Crippen molar-refractivity contribution in [3.05, 3.63) is 34.4 Å². The van der Waals surface area contributed by atoms with Gasteiger partial charge in [0.05, 0.1) is 18.6 Å². The van der Waals surface area contributed by atoms with E-state index in [1.54, 1.807) is 0 Å². The second-order valence-electron chi connectivity index (χ2n) is 3.97. The molecule has 8 heteroatoms. The Kier molecular flexibility index (Phi) is 4.49. The van der Waals surface area contributed by atoms with Crippen LogP contribution >= 0.6 is 0 Å². The summed E-state index contributed by atoms with van der Waals surface area (Å²) in [7, 11) is 1.27. The molecule has 0 radical (unpaired) electrons. The highest BCUT2D eigenvalue weighted by molar-refractivity contribution is 5.74. The standard InChI is InChI=1S/C12H13NO7/c1-17-12(14)10-6-19-11(20-10)7-18-9-4-2-8(3-5-9)13(15)16/h2-5,10-11H,6-7H2,1H3/t10-,11-/m1/s1. The molecule has 8 nitrogen and oxygen atoms in total. The minimum Gasteiger partial charge on any atom is -0.488 e. The van der Waals surface area contributed by atoms with Gasteiger partial charge in [0.15, 0.2) is 12.4 Å². The normalized spacial score (nSPS) is 21.4. The SMILES string of the molecule is COC(=O)[C@H]1CO[C@@H](COc2ccc([N+](=O)[O-])cc2)O1. The summed E-state index contributed by atoms with van der Waals surface area (Å²) in [5.74, 6) is -0.0489. The molecule has 1 saturated heterocycles. The number of non-ortho nitro benzene ring substituents is 1. The molecular weight excluding hydrogens is 270 g/mol. The van der Waals surface area contributed by atoms with Crippen LogP contribution in [0.1, 0.15) is 0 Å². The molecule has 2 atom stereocenters. The maximum atomic E-state index is 11.2. The van der Waals surface area contributed by atoms with Gasteiger partial charge in [-0.1, -0.05) is 0 Å². The first kappa shape index (κ1) is 14.2. The Morgan fingerprint density at radius 3 is 2.75 bits per heavy atom. The fourth-order valence-corrected chi connectivity index (χ4v) is 1.63. The number of hydrogen-bond donors (Lipinski definition) is 0. The topological polar surface area (TPSA) is 97.1 Å². The zero-order valence-electron chi connectivity index (χ0n) is 10.7. The van der Waals surface area contributed by atoms with Crippen molar-refractivity contribution in [3.63, 3.8) is 0 Å². The Bertz CT molecular complexity index is 487. The summed E-state index contributed by atoms with van der Waals surface area (Å²) in [6, 6.07) is 5.63. The third-order valence-corrected chi connectivity index (χ3v) is 2.65. The Labute approximate surface area is 114 Å². The van der Waals surface area contributed by atoms with E-state index in [-0.39, 0.29) is 18.9 Å². The van der Waals surface area contributed by atoms with Gasteiger partial charge in [-0.3, -0.25) is 10.1 Å². The van der Waals surface area contributed by atoms with Gasteiger partial charge >= 0.3 is 5.97 Å². The Hall–Kier alpha value is -2.19. The average molecular weight is 283 g/mol. The molecule has 1 aliphatic rings. The van der Waals surface area contributed by atoms with Crippen LogP contribution in [0.2, 0.25) is 0 Å². The van der Waals surface area contributed by atoms with Crippen molar-refractivity contribution in [2.75, 3.05) is 20.3 Å². The first-order valence-corrected chi connectivity index (χ1v) is 5.82. The minimum absolute atomic E-state index is 0.0172. The molecule has 1 aliphatic heterocycles. The van der Waals surface area contributed by atoms with Gasteiger partial charge < -0.3 is 18.9 Å². The molecule has 0 amide bonds. The van der Waals surface area contributed by atoms with Gasteiger partial charge in [0.2, 0.25) is 0 Å². The lowest BCUT2D eigenvalue weighted by Crippen LogP contribution is -2.26. The lowest BCUT2D eigenvalue weighted by Gasteiger charge is -2.11. The minimum atomic E-state index is -0.745. The molecule has 1 aromatic rings. The van der Waals surface area contributed by atoms with Crippen LogP contribution in [0.15, 0.2) is 24.3 Å². The summed E-state index contributed by atoms with van der Waals surface area (Å²) in [5.41, 5.74) is -0.0172. The van der Waals surface area contributed by atoms with Crippen LogP contribution in [0.3, 0.4) is 0 Å². The molecule has 0 bridgehead atoms. The molecule has 1 heterocycles. The van der Waals surface area contributed by atoms with E-state index in [2.05, 4.69) is 4.74 Å². The van der Waals surface area contributed by atoms with E-state index in [1.807, 2.05) is 0 Å². The largest absolute Gasteiger partial charge is 0.488 e. The van der Waals surface area contributed by atoms with Crippen molar-refractivity contribution in [1.82, 2.24) is 0 Å². The average Bonchev–Trinajstić information content (AvgIpc) is 2.93. The second kappa shape index (κ2) is 6.31. The molecule has 0 N–H and O–H groups in total. The molecule has 2 rings (SSSR count). The fourth-order valence-electron chi connectivity index (χ4n) is 1.63. The van der Waals surface area contributed by atoms with Crippen LogP contribution in [0.5, 0.6) is 5.75 Å². The zero-order chi connectivity index (χ0) is 14.5. The van der Waals surface area contributed by atoms with Crippen LogP contribution in [-0.2, 0) is 19.0 Å². The number of ether oxygens (including phenoxy) is 4. The second-order valence-corrected chi connectivity index (χ2v) is 3.97. The van der Waals surface area contributed by atoms with Crippen molar-refractivity contribution >= 4 is 11.7 Å². The summed E-state index contributed by atoms with van der Waals surface area (Å²) in [6.07, 6.45) is -1.42. The third kappa shape index (κ3) is 3.43. The predicted octanol–water partition coefficient (Wildman–Crippen LogP) is 0.888. The summed E-state index contributed by atoms with van der Waals surface area (Å²) in [5, 5.41) is 10.5. The van der Waals surface area contributed by atoms with Gasteiger partial charge in [0.25, 0.3) is 5.69 Å². The van der Waals surface area contributed by atoms with E-state index in [9.17, 15) is 14.9 Å². The fraction of sp³-hybridized carbons (Fsp3) is 0.417. The first-order chi connectivity index (χ1) is 9.60. The van der Waals surface area contributed by atoms with Crippen molar-refractivity contribution in [2.45, 2.75) is 12.4 Å². The molecule has 108 valence electrons. The van der Waals surface area contributed by atoms with Crippen LogP contribution in [-0.4, -0.2) is 43.6 Å². The predicted molar refractivity (Wildman–Crippen MR) is 65.2 cm³/mol. The maximum absolute atomic E-state index is 11.2. The number of nitrogens with zero attached hydrogens (tertiary/aromatic N) is 1. The summed E-state index contributed by atoms with van der Waals surface area (Å²) >= 11 is 0. The number of carbonyl (C=O) groups is 1. The monoisotopic (exact) mass is 283 g/mol. The highest BCUT2D eigenvalue weighted by atomic mass is 16.7. The smallest absolute Gasteiger partial charge is 0.337 e. The Morgan fingerprint density at radius 2 is 2.15 bits per heavy atom. The molecule has 0 spiro atoms. The Balaban J connectivity index is 1.81. The molecule has 0 unspecified atom stereocenters. The molecule has 0 saturated carbocycles. The molecule has 20 heavy (non-hydrogen) atoms. The van der Waals surface area contributed by atoms with Gasteiger partial charge in [-0.05, 0) is 12.1 Å². The van der Waals surface area contributed by atoms with Gasteiger partial charge in [0.1, 0.15) is 12.4 Å². The number of hydrogen-bond acceptors (Lipinski definition) is 7. The van der Waals surface area contributed by atoms with Crippen LogP contribution < -0.4 is 4.74 Å². The van der Waals surface area contributed by atoms with Gasteiger partial charge in [0, 0.05) is 12.1 Å². The van der Waals surface area contributed by atoms with E-state index in [0.29, 0.717) is 5.75 Å². The third-order valence-electron chi connectivity index (χ3n) is 2.65. The molecule has 1 fully saturated rings. The maximum Gasteiger partial charge on any atom is 0.337 e. The van der Waals surface area contributed by atoms with Crippen LogP contribution in [0, 0.1) is 10.1 Å². The lowest BCUT2D eigenvalue weighted by atomic mass is 10.3. The lowest BCUT2D eigenvalue weighted by molar-refractivity contribution is -0.384. The van der Waals surface area contributed by atoms with Crippen molar-refractivity contribution in [2.24, 2.45) is 0 Å². The van der Waals surface area contributed by atoms with Crippen LogP contribution in [0.4, 0.5) is 5.69 Å². The van der Waals surface area contributed by atoms with Crippen molar-refractivity contribution < 1.29 is 28.7 Å². The number of rotatable bonds is 5. The van der Waals surface area contributed by atoms with Crippen LogP contribution in [0.25, 0.3) is 0 Å². The van der Waals surface area contributed by atoms with Gasteiger partial charge in [-0.25, -0.2) is 4.79 Å². The number of methoxy groups -OCH3 is 1. The van der Waals surface area contributed by atoms with Gasteiger partial charge in [-0.2, -0.15) is 0 Å².